The van der Waals surface area contributed by atoms with Gasteiger partial charge in [-0.15, -0.1) is 0 Å². The van der Waals surface area contributed by atoms with Crippen LogP contribution in [0, 0.1) is 10.1 Å². The number of para-hydroxylation sites is 2. The van der Waals surface area contributed by atoms with Crippen molar-refractivity contribution in [2.75, 3.05) is 20.5 Å². The fourth-order valence-electron chi connectivity index (χ4n) is 3.12. The maximum absolute atomic E-state index is 12.5. The number of fused-ring (bicyclic) bond motifs is 1. The zero-order valence-corrected chi connectivity index (χ0v) is 18.8. The average molecular weight is 493 g/mol. The number of benzene rings is 3. The Labute approximate surface area is 204 Å². The Balaban J connectivity index is 1.34. The quantitative estimate of drug-likeness (QED) is 0.156. The molecule has 36 heavy (non-hydrogen) atoms. The second kappa shape index (κ2) is 10.9. The molecule has 12 nitrogen and oxygen atoms in total. The van der Waals surface area contributed by atoms with Gasteiger partial charge < -0.3 is 23.7 Å². The zero-order chi connectivity index (χ0) is 25.5. The number of nitrogens with zero attached hydrogens (tertiary/aromatic N) is 2. The molecule has 3 aromatic rings. The van der Waals surface area contributed by atoms with Crippen LogP contribution >= 0.6 is 0 Å². The Hall–Kier alpha value is -5.13. The smallest absolute Gasteiger partial charge is 0.343 e. The molecule has 1 N–H and O–H groups in total. The maximum Gasteiger partial charge on any atom is 0.343 e. The first kappa shape index (κ1) is 24.0. The van der Waals surface area contributed by atoms with E-state index in [1.165, 1.54) is 43.7 Å². The molecule has 0 aliphatic carbocycles. The number of methoxy groups -OCH3 is 1. The molecule has 1 aliphatic rings. The molecular weight excluding hydrogens is 474 g/mol. The number of nitrogens with one attached hydrogen (secondary N) is 1. The number of hydrogen-bond donors (Lipinski definition) is 1. The molecule has 0 bridgehead atoms. The van der Waals surface area contributed by atoms with Gasteiger partial charge in [0.25, 0.3) is 5.91 Å². The van der Waals surface area contributed by atoms with Crippen LogP contribution in [0.25, 0.3) is 0 Å². The lowest BCUT2D eigenvalue weighted by atomic mass is 10.2. The molecule has 0 fully saturated rings. The van der Waals surface area contributed by atoms with Crippen LogP contribution in [0.1, 0.15) is 15.9 Å². The van der Waals surface area contributed by atoms with Crippen molar-refractivity contribution in [3.05, 3.63) is 81.9 Å². The third kappa shape index (κ3) is 5.67. The van der Waals surface area contributed by atoms with E-state index in [2.05, 4.69) is 10.5 Å². The minimum Gasteiger partial charge on any atom is -0.493 e. The number of nitro groups is 1. The van der Waals surface area contributed by atoms with Gasteiger partial charge in [-0.2, -0.15) is 5.10 Å². The van der Waals surface area contributed by atoms with E-state index in [4.69, 9.17) is 23.7 Å². The Morgan fingerprint density at radius 2 is 1.86 bits per heavy atom. The summed E-state index contributed by atoms with van der Waals surface area (Å²) in [5, 5.41) is 14.8. The van der Waals surface area contributed by atoms with Crippen molar-refractivity contribution in [1.29, 1.82) is 0 Å². The number of esters is 1. The highest BCUT2D eigenvalue weighted by atomic mass is 16.7. The number of rotatable bonds is 9. The minimum atomic E-state index is -0.620. The summed E-state index contributed by atoms with van der Waals surface area (Å²) < 4.78 is 26.4. The molecule has 0 saturated carbocycles. The summed E-state index contributed by atoms with van der Waals surface area (Å²) in [6.45, 7) is -0.381. The van der Waals surface area contributed by atoms with Crippen LogP contribution in [0.2, 0.25) is 0 Å². The number of amides is 1. The molecule has 4 rings (SSSR count). The molecule has 1 heterocycles. The van der Waals surface area contributed by atoms with Gasteiger partial charge in [0.05, 0.1) is 23.8 Å². The van der Waals surface area contributed by atoms with Gasteiger partial charge in [-0.05, 0) is 48.0 Å². The number of carbonyl (C=O) groups excluding carboxylic acids is 2. The molecule has 0 aromatic heterocycles. The molecule has 1 amide bonds. The fraction of sp³-hybridized carbons (Fsp3) is 0.125. The van der Waals surface area contributed by atoms with Gasteiger partial charge >= 0.3 is 11.7 Å². The molecule has 3 aromatic carbocycles. The van der Waals surface area contributed by atoms with Crippen molar-refractivity contribution in [3.8, 4) is 28.7 Å². The molecule has 0 spiro atoms. The molecular formula is C24H19N3O9. The third-order valence-corrected chi connectivity index (χ3v) is 4.82. The summed E-state index contributed by atoms with van der Waals surface area (Å²) in [6.07, 6.45) is 1.34. The van der Waals surface area contributed by atoms with E-state index >= 15 is 0 Å². The molecule has 0 atom stereocenters. The molecule has 0 radical (unpaired) electrons. The molecule has 184 valence electrons. The summed E-state index contributed by atoms with van der Waals surface area (Å²) >= 11 is 0. The van der Waals surface area contributed by atoms with Crippen molar-refractivity contribution < 1.29 is 38.2 Å². The number of ether oxygens (including phenoxy) is 5. The van der Waals surface area contributed by atoms with Crippen molar-refractivity contribution >= 4 is 23.8 Å². The zero-order valence-electron chi connectivity index (χ0n) is 18.8. The first-order valence-corrected chi connectivity index (χ1v) is 10.4. The van der Waals surface area contributed by atoms with Gasteiger partial charge in [-0.1, -0.05) is 12.1 Å². The lowest BCUT2D eigenvalue weighted by molar-refractivity contribution is -0.385. The minimum absolute atomic E-state index is 0.0303. The number of hydrogen-bond acceptors (Lipinski definition) is 10. The van der Waals surface area contributed by atoms with E-state index in [1.54, 1.807) is 30.3 Å². The highest BCUT2D eigenvalue weighted by Gasteiger charge is 2.19. The standard InChI is InChI=1S/C24H19N3O9/c1-32-21-10-15(12-25-26-23(28)13-33-18-5-3-2-4-17(18)27(30)31)6-8-20(21)36-24(29)16-7-9-19-22(11-16)35-14-34-19/h2-12H,13-14H2,1H3,(H,26,28). The summed E-state index contributed by atoms with van der Waals surface area (Å²) in [5.41, 5.74) is 2.83. The lowest BCUT2D eigenvalue weighted by Crippen LogP contribution is -2.24. The van der Waals surface area contributed by atoms with Crippen LogP contribution in [0.5, 0.6) is 28.7 Å². The second-order valence-electron chi connectivity index (χ2n) is 7.17. The van der Waals surface area contributed by atoms with Crippen molar-refractivity contribution in [1.82, 2.24) is 5.43 Å². The lowest BCUT2D eigenvalue weighted by Gasteiger charge is -2.10. The van der Waals surface area contributed by atoms with E-state index in [-0.39, 0.29) is 35.3 Å². The average Bonchev–Trinajstić information content (AvgIpc) is 3.36. The largest absolute Gasteiger partial charge is 0.493 e. The summed E-state index contributed by atoms with van der Waals surface area (Å²) in [6, 6.07) is 15.1. The van der Waals surface area contributed by atoms with Crippen molar-refractivity contribution in [2.45, 2.75) is 0 Å². The van der Waals surface area contributed by atoms with E-state index in [0.717, 1.165) is 0 Å². The van der Waals surface area contributed by atoms with Crippen LogP contribution in [0.3, 0.4) is 0 Å². The monoisotopic (exact) mass is 493 g/mol. The highest BCUT2D eigenvalue weighted by molar-refractivity contribution is 5.92. The summed E-state index contributed by atoms with van der Waals surface area (Å²) in [4.78, 5) is 34.9. The second-order valence-corrected chi connectivity index (χ2v) is 7.17. The predicted molar refractivity (Wildman–Crippen MR) is 125 cm³/mol. The Kier molecular flexibility index (Phi) is 7.25. The number of carbonyl (C=O) groups is 2. The Bertz CT molecular complexity index is 1340. The van der Waals surface area contributed by atoms with Crippen LogP contribution in [-0.2, 0) is 4.79 Å². The molecule has 12 heteroatoms. The van der Waals surface area contributed by atoms with Gasteiger partial charge in [0, 0.05) is 6.07 Å². The number of nitro benzene ring substituents is 1. The predicted octanol–water partition coefficient (Wildman–Crippen LogP) is 3.08. The van der Waals surface area contributed by atoms with E-state index in [9.17, 15) is 19.7 Å². The van der Waals surface area contributed by atoms with Crippen LogP contribution in [-0.4, -0.2) is 43.5 Å². The Morgan fingerprint density at radius 3 is 2.67 bits per heavy atom. The van der Waals surface area contributed by atoms with E-state index in [0.29, 0.717) is 17.1 Å². The van der Waals surface area contributed by atoms with Gasteiger partial charge in [0.2, 0.25) is 6.79 Å². The SMILES string of the molecule is COc1cc(C=NNC(=O)COc2ccccc2[N+](=O)[O-])ccc1OC(=O)c1ccc2c(c1)OCO2. The molecule has 1 aliphatic heterocycles. The van der Waals surface area contributed by atoms with Gasteiger partial charge in [0.1, 0.15) is 0 Å². The van der Waals surface area contributed by atoms with Crippen LogP contribution < -0.4 is 29.1 Å². The summed E-state index contributed by atoms with van der Waals surface area (Å²) in [5.74, 6) is 0.186. The van der Waals surface area contributed by atoms with Gasteiger partial charge in [-0.25, -0.2) is 10.2 Å². The van der Waals surface area contributed by atoms with Crippen molar-refractivity contribution in [3.63, 3.8) is 0 Å². The maximum atomic E-state index is 12.5. The van der Waals surface area contributed by atoms with Gasteiger partial charge in [0.15, 0.2) is 35.4 Å². The molecule has 0 saturated heterocycles. The summed E-state index contributed by atoms with van der Waals surface area (Å²) in [7, 11) is 1.41. The Morgan fingerprint density at radius 1 is 1.06 bits per heavy atom. The van der Waals surface area contributed by atoms with Gasteiger partial charge in [-0.3, -0.25) is 14.9 Å². The first-order valence-electron chi connectivity index (χ1n) is 10.4. The topological polar surface area (TPSA) is 148 Å². The number of hydrazone groups is 1. The van der Waals surface area contributed by atoms with Crippen LogP contribution in [0.15, 0.2) is 65.8 Å². The molecule has 0 unspecified atom stereocenters. The van der Waals surface area contributed by atoms with Crippen LogP contribution in [0.4, 0.5) is 5.69 Å². The van der Waals surface area contributed by atoms with E-state index < -0.39 is 23.4 Å². The highest BCUT2D eigenvalue weighted by Crippen LogP contribution is 2.34. The van der Waals surface area contributed by atoms with E-state index in [1.807, 2.05) is 0 Å². The third-order valence-electron chi connectivity index (χ3n) is 4.82. The fourth-order valence-corrected chi connectivity index (χ4v) is 3.12. The normalized spacial score (nSPS) is 11.7. The van der Waals surface area contributed by atoms with Crippen molar-refractivity contribution in [2.24, 2.45) is 5.10 Å². The first-order chi connectivity index (χ1) is 17.4.